The highest BCUT2D eigenvalue weighted by Crippen LogP contribution is 2.42. The molecule has 0 saturated carbocycles. The minimum Gasteiger partial charge on any atom is -0.485 e. The zero-order chi connectivity index (χ0) is 14.9. The van der Waals surface area contributed by atoms with E-state index in [4.69, 9.17) is 10.00 Å². The van der Waals surface area contributed by atoms with Gasteiger partial charge >= 0.3 is 0 Å². The first-order valence-corrected chi connectivity index (χ1v) is 6.52. The van der Waals surface area contributed by atoms with Gasteiger partial charge in [0.05, 0.1) is 0 Å². The highest BCUT2D eigenvalue weighted by Gasteiger charge is 2.42. The van der Waals surface area contributed by atoms with E-state index in [2.05, 4.69) is 10.3 Å². The number of ether oxygens (including phenoxy) is 1. The largest absolute Gasteiger partial charge is 0.485 e. The van der Waals surface area contributed by atoms with Crippen molar-refractivity contribution in [3.8, 4) is 11.9 Å². The average Bonchev–Trinajstić information content (AvgIpc) is 2.36. The minimum absolute atomic E-state index is 0.450. The Morgan fingerprint density at radius 2 is 2.20 bits per heavy atom. The van der Waals surface area contributed by atoms with E-state index >= 15 is 0 Å². The maximum absolute atomic E-state index is 10.5. The van der Waals surface area contributed by atoms with E-state index in [9.17, 15) is 5.11 Å². The molecule has 0 amide bonds. The molecule has 0 saturated heterocycles. The number of benzene rings is 1. The van der Waals surface area contributed by atoms with E-state index < -0.39 is 17.7 Å². The average molecular weight is 273 g/mol. The molecule has 20 heavy (non-hydrogen) atoms. The highest BCUT2D eigenvalue weighted by molar-refractivity contribution is 5.81. The third-order valence-electron chi connectivity index (χ3n) is 3.44. The van der Waals surface area contributed by atoms with Gasteiger partial charge < -0.3 is 9.84 Å². The summed E-state index contributed by atoms with van der Waals surface area (Å²) in [5.74, 6) is 1.20. The highest BCUT2D eigenvalue weighted by atomic mass is 16.5. The SMILES string of the molecule is CC(=N[C@@H]1c2cc(C)ccc2OC(C)(C)[C@H]1O)NC#N. The van der Waals surface area contributed by atoms with Gasteiger partial charge in [-0.25, -0.2) is 0 Å². The Morgan fingerprint density at radius 1 is 1.50 bits per heavy atom. The molecule has 2 N–H and O–H groups in total. The first kappa shape index (κ1) is 14.4. The van der Waals surface area contributed by atoms with E-state index in [0.717, 1.165) is 16.9 Å². The lowest BCUT2D eigenvalue weighted by Crippen LogP contribution is -2.48. The fourth-order valence-corrected chi connectivity index (χ4v) is 2.35. The number of aliphatic hydroxyl groups excluding tert-OH is 1. The summed E-state index contributed by atoms with van der Waals surface area (Å²) in [6, 6.07) is 5.37. The lowest BCUT2D eigenvalue weighted by Gasteiger charge is -2.40. The van der Waals surface area contributed by atoms with Gasteiger partial charge in [0.25, 0.3) is 0 Å². The molecule has 1 aromatic carbocycles. The summed E-state index contributed by atoms with van der Waals surface area (Å²) >= 11 is 0. The van der Waals surface area contributed by atoms with Gasteiger partial charge in [0, 0.05) is 5.56 Å². The fraction of sp³-hybridized carbons (Fsp3) is 0.467. The van der Waals surface area contributed by atoms with E-state index in [1.807, 2.05) is 45.2 Å². The van der Waals surface area contributed by atoms with Crippen LogP contribution in [0.2, 0.25) is 0 Å². The Bertz CT molecular complexity index is 587. The molecule has 106 valence electrons. The number of aliphatic hydroxyl groups is 1. The third kappa shape index (κ3) is 2.61. The second-order valence-corrected chi connectivity index (χ2v) is 5.59. The quantitative estimate of drug-likeness (QED) is 0.355. The van der Waals surface area contributed by atoms with Crippen LogP contribution in [-0.2, 0) is 0 Å². The van der Waals surface area contributed by atoms with Crippen LogP contribution in [0, 0.1) is 18.4 Å². The molecule has 0 unspecified atom stereocenters. The summed E-state index contributed by atoms with van der Waals surface area (Å²) in [6.45, 7) is 7.34. The zero-order valence-electron chi connectivity index (χ0n) is 12.1. The summed E-state index contributed by atoms with van der Waals surface area (Å²) in [6.07, 6.45) is 1.05. The van der Waals surface area contributed by atoms with Crippen molar-refractivity contribution in [3.63, 3.8) is 0 Å². The van der Waals surface area contributed by atoms with Crippen LogP contribution < -0.4 is 10.1 Å². The molecule has 2 atom stereocenters. The van der Waals surface area contributed by atoms with E-state index in [1.165, 1.54) is 0 Å². The number of nitrogens with zero attached hydrogens (tertiary/aromatic N) is 2. The molecule has 1 aliphatic rings. The minimum atomic E-state index is -0.785. The molecule has 0 spiro atoms. The summed E-state index contributed by atoms with van der Waals surface area (Å²) in [4.78, 5) is 4.44. The van der Waals surface area contributed by atoms with Crippen LogP contribution in [0.1, 0.15) is 37.9 Å². The summed E-state index contributed by atoms with van der Waals surface area (Å²) in [5, 5.41) is 21.6. The molecule has 0 bridgehead atoms. The van der Waals surface area contributed by atoms with E-state index in [-0.39, 0.29) is 0 Å². The number of hydrogen-bond acceptors (Lipinski definition) is 4. The van der Waals surface area contributed by atoms with Gasteiger partial charge in [-0.3, -0.25) is 10.3 Å². The molecule has 1 aliphatic heterocycles. The maximum atomic E-state index is 10.5. The Morgan fingerprint density at radius 3 is 2.85 bits per heavy atom. The zero-order valence-corrected chi connectivity index (χ0v) is 12.1. The van der Waals surface area contributed by atoms with Gasteiger partial charge in [0.2, 0.25) is 0 Å². The van der Waals surface area contributed by atoms with Crippen molar-refractivity contribution in [3.05, 3.63) is 29.3 Å². The summed E-state index contributed by atoms with van der Waals surface area (Å²) in [5.41, 5.74) is 1.19. The number of aryl methyl sites for hydroxylation is 1. The molecule has 1 aromatic rings. The van der Waals surface area contributed by atoms with Gasteiger partial charge in [0.1, 0.15) is 29.3 Å². The van der Waals surface area contributed by atoms with E-state index in [0.29, 0.717) is 5.84 Å². The predicted octanol–water partition coefficient (Wildman–Crippen LogP) is 2.06. The van der Waals surface area contributed by atoms with Crippen molar-refractivity contribution >= 4 is 5.84 Å². The number of aliphatic imine (C=N–C) groups is 1. The Balaban J connectivity index is 2.51. The molecule has 0 aromatic heterocycles. The Kier molecular flexibility index (Phi) is 3.69. The van der Waals surface area contributed by atoms with Crippen molar-refractivity contribution in [2.75, 3.05) is 0 Å². The molecule has 2 rings (SSSR count). The first-order chi connectivity index (χ1) is 9.35. The number of nitriles is 1. The second-order valence-electron chi connectivity index (χ2n) is 5.59. The van der Waals surface area contributed by atoms with E-state index in [1.54, 1.807) is 6.92 Å². The molecule has 5 heteroatoms. The van der Waals surface area contributed by atoms with Gasteiger partial charge in [-0.2, -0.15) is 5.26 Å². The lowest BCUT2D eigenvalue weighted by molar-refractivity contribution is -0.0567. The number of hydrogen-bond donors (Lipinski definition) is 2. The predicted molar refractivity (Wildman–Crippen MR) is 76.5 cm³/mol. The van der Waals surface area contributed by atoms with Crippen LogP contribution in [0.15, 0.2) is 23.2 Å². The van der Waals surface area contributed by atoms with Gasteiger partial charge in [-0.15, -0.1) is 0 Å². The number of fused-ring (bicyclic) bond motifs is 1. The molecule has 0 fully saturated rings. The molecule has 1 heterocycles. The fourth-order valence-electron chi connectivity index (χ4n) is 2.35. The number of nitrogens with one attached hydrogen (secondary N) is 1. The smallest absolute Gasteiger partial charge is 0.182 e. The van der Waals surface area contributed by atoms with Crippen molar-refractivity contribution in [1.82, 2.24) is 5.32 Å². The van der Waals surface area contributed by atoms with Crippen LogP contribution in [0.4, 0.5) is 0 Å². The topological polar surface area (TPSA) is 77.6 Å². The summed E-state index contributed by atoms with van der Waals surface area (Å²) in [7, 11) is 0. The van der Waals surface area contributed by atoms with Crippen LogP contribution >= 0.6 is 0 Å². The first-order valence-electron chi connectivity index (χ1n) is 6.52. The molecule has 0 radical (unpaired) electrons. The third-order valence-corrected chi connectivity index (χ3v) is 3.44. The Labute approximate surface area is 118 Å². The summed E-state index contributed by atoms with van der Waals surface area (Å²) < 4.78 is 5.85. The van der Waals surface area contributed by atoms with Gasteiger partial charge in [-0.1, -0.05) is 17.7 Å². The lowest BCUT2D eigenvalue weighted by atomic mass is 9.86. The molecular formula is C15H19N3O2. The monoisotopic (exact) mass is 273 g/mol. The Hall–Kier alpha value is -2.06. The van der Waals surface area contributed by atoms with Crippen molar-refractivity contribution in [2.24, 2.45) is 4.99 Å². The normalized spacial score (nSPS) is 24.3. The van der Waals surface area contributed by atoms with Gasteiger partial charge in [-0.05, 0) is 33.8 Å². The van der Waals surface area contributed by atoms with Crippen molar-refractivity contribution in [1.29, 1.82) is 5.26 Å². The van der Waals surface area contributed by atoms with Crippen molar-refractivity contribution < 1.29 is 9.84 Å². The van der Waals surface area contributed by atoms with Crippen LogP contribution in [-0.4, -0.2) is 22.6 Å². The van der Waals surface area contributed by atoms with Crippen LogP contribution in [0.3, 0.4) is 0 Å². The maximum Gasteiger partial charge on any atom is 0.182 e. The number of amidine groups is 1. The number of rotatable bonds is 1. The second kappa shape index (κ2) is 5.14. The van der Waals surface area contributed by atoms with Crippen LogP contribution in [0.25, 0.3) is 0 Å². The van der Waals surface area contributed by atoms with Crippen LogP contribution in [0.5, 0.6) is 5.75 Å². The standard InChI is InChI=1S/C15H19N3O2/c1-9-5-6-12-11(7-9)13(18-10(2)17-8-16)14(19)15(3,4)20-12/h5-7,13-14,19H,1-4H3,(H,17,18)/t13-,14+/m1/s1. The van der Waals surface area contributed by atoms with Gasteiger partial charge in [0.15, 0.2) is 6.19 Å². The molecule has 5 nitrogen and oxygen atoms in total. The van der Waals surface area contributed by atoms with Crippen molar-refractivity contribution in [2.45, 2.75) is 45.4 Å². The molecular weight excluding hydrogens is 254 g/mol. The molecule has 0 aliphatic carbocycles.